The van der Waals surface area contributed by atoms with E-state index in [0.717, 1.165) is 0 Å². The lowest BCUT2D eigenvalue weighted by Crippen LogP contribution is -1.92. The van der Waals surface area contributed by atoms with E-state index in [-0.39, 0.29) is 5.48 Å². The summed E-state index contributed by atoms with van der Waals surface area (Å²) in [7, 11) is 0. The second-order valence-electron chi connectivity index (χ2n) is 0.429. The van der Waals surface area contributed by atoms with Crippen molar-refractivity contribution in [1.29, 1.82) is 0 Å². The first-order valence-electron chi connectivity index (χ1n) is 0.756. The molecule has 0 aromatic heterocycles. The summed E-state index contributed by atoms with van der Waals surface area (Å²) in [6.07, 6.45) is -5.50. The van der Waals surface area contributed by atoms with E-state index in [1.54, 1.807) is 0 Å². The van der Waals surface area contributed by atoms with Crippen LogP contribution in [0.3, 0.4) is 0 Å². The second kappa shape index (κ2) is 1.96. The van der Waals surface area contributed by atoms with Gasteiger partial charge in [0.2, 0.25) is 0 Å². The van der Waals surface area contributed by atoms with Crippen LogP contribution in [0, 0.1) is 0 Å². The molecule has 0 heterocycles. The smallest absolute Gasteiger partial charge is 0.140 e. The molecule has 0 aliphatic carbocycles. The molecule has 6 heavy (non-hydrogen) atoms. The third kappa shape index (κ3) is 258. The summed E-state index contributed by atoms with van der Waals surface area (Å²) in [4.78, 5) is 0. The van der Waals surface area contributed by atoms with Crippen LogP contribution in [0.15, 0.2) is 0 Å². The number of hydrogen-bond acceptors (Lipinski definition) is 0. The average Bonchev–Trinajstić information content (AvgIpc) is 0.722. The Bertz CT molecular complexity index is 23.0. The lowest BCUT2D eigenvalue weighted by atomic mass is 11.5. The van der Waals surface area contributed by atoms with Crippen molar-refractivity contribution in [2.75, 3.05) is 0 Å². The molecule has 0 spiro atoms. The number of alkyl halides is 4. The molecule has 0 rings (SSSR count). The van der Waals surface area contributed by atoms with Crippen molar-refractivity contribution in [3.8, 4) is 0 Å². The van der Waals surface area contributed by atoms with Crippen molar-refractivity contribution in [2.24, 2.45) is 0 Å². The summed E-state index contributed by atoms with van der Waals surface area (Å²) in [5.74, 6) is 0. The molecule has 0 aromatic carbocycles. The lowest BCUT2D eigenvalue weighted by Gasteiger charge is -1.82. The molecule has 38 valence electrons. The Labute approximate surface area is 30.9 Å². The summed E-state index contributed by atoms with van der Waals surface area (Å²) >= 11 is 0. The van der Waals surface area contributed by atoms with Crippen molar-refractivity contribution >= 4 is 0 Å². The van der Waals surface area contributed by atoms with Gasteiger partial charge in [-0.3, -0.25) is 0 Å². The van der Waals surface area contributed by atoms with E-state index in [1.165, 1.54) is 0 Å². The van der Waals surface area contributed by atoms with Gasteiger partial charge in [-0.1, -0.05) is 0 Å². The van der Waals surface area contributed by atoms with Gasteiger partial charge in [-0.25, -0.2) is 0 Å². The van der Waals surface area contributed by atoms with Crippen LogP contribution in [0.4, 0.5) is 17.6 Å². The van der Waals surface area contributed by atoms with E-state index in [0.29, 0.717) is 0 Å². The largest absolute Gasteiger partial charge is 0.559 e. The van der Waals surface area contributed by atoms with Gasteiger partial charge in [0.15, 0.2) is 0 Å². The summed E-state index contributed by atoms with van der Waals surface area (Å²) in [6, 6.07) is 0. The van der Waals surface area contributed by atoms with Gasteiger partial charge >= 0.3 is 6.43 Å². The second-order valence-corrected chi connectivity index (χ2v) is 0.429. The van der Waals surface area contributed by atoms with Crippen molar-refractivity contribution < 1.29 is 23.0 Å². The molecule has 1 nitrogen and oxygen atoms in total. The summed E-state index contributed by atoms with van der Waals surface area (Å²) in [6.45, 7) is 0. The maximum absolute atomic E-state index is 9.69. The quantitative estimate of drug-likeness (QED) is 0.415. The van der Waals surface area contributed by atoms with Crippen LogP contribution in [-0.2, 0) is 5.48 Å². The van der Waals surface area contributed by atoms with Crippen LogP contribution in [-0.4, -0.2) is 6.43 Å². The Morgan fingerprint density at radius 2 is 0.833 bits per heavy atom. The van der Waals surface area contributed by atoms with E-state index in [4.69, 9.17) is 0 Å². The minimum atomic E-state index is -5.50. The van der Waals surface area contributed by atoms with E-state index >= 15 is 0 Å². The number of hydrogen-bond donors (Lipinski definition) is 0. The Kier molecular flexibility index (Phi) is 3.01. The molecule has 0 aliphatic heterocycles. The highest BCUT2D eigenvalue weighted by molar-refractivity contribution is 4.08. The molecule has 5 heteroatoms. The van der Waals surface area contributed by atoms with E-state index < -0.39 is 6.43 Å². The SMILES string of the molecule is FC(F)(F)F.[O]. The van der Waals surface area contributed by atoms with Crippen LogP contribution in [0.5, 0.6) is 0 Å². The van der Waals surface area contributed by atoms with Gasteiger partial charge in [0.1, 0.15) is 0 Å². The van der Waals surface area contributed by atoms with Crippen LogP contribution >= 0.6 is 0 Å². The predicted molar refractivity (Wildman–Crippen MR) is 7.85 cm³/mol. The van der Waals surface area contributed by atoms with Crippen LogP contribution in [0.25, 0.3) is 0 Å². The molecular formula is CF4O. The Balaban J connectivity index is 0. The highest BCUT2D eigenvalue weighted by atomic mass is 19.5. The zero-order valence-electron chi connectivity index (χ0n) is 2.42. The first-order chi connectivity index (χ1) is 2.00. The number of rotatable bonds is 0. The van der Waals surface area contributed by atoms with Crippen LogP contribution in [0.2, 0.25) is 0 Å². The van der Waals surface area contributed by atoms with Gasteiger partial charge in [-0.05, 0) is 0 Å². The van der Waals surface area contributed by atoms with Crippen molar-refractivity contribution in [3.05, 3.63) is 0 Å². The standard InChI is InChI=1S/CF4.O/c2-1(3,4)5;. The molecule has 0 aromatic rings. The normalized spacial score (nSPS) is 10.0. The van der Waals surface area contributed by atoms with E-state index in [2.05, 4.69) is 0 Å². The third-order valence-electron chi connectivity index (χ3n) is 0. The summed E-state index contributed by atoms with van der Waals surface area (Å²) in [5, 5.41) is 0. The highest BCUT2D eigenvalue weighted by Gasteiger charge is 2.24. The average molecular weight is 104 g/mol. The number of halogens is 4. The maximum Gasteiger partial charge on any atom is 0.559 e. The van der Waals surface area contributed by atoms with Gasteiger partial charge in [-0.15, -0.1) is 17.6 Å². The van der Waals surface area contributed by atoms with Crippen LogP contribution in [0.1, 0.15) is 0 Å². The maximum atomic E-state index is 9.69. The Morgan fingerprint density at radius 3 is 0.833 bits per heavy atom. The molecule has 0 bridgehead atoms. The summed E-state index contributed by atoms with van der Waals surface area (Å²) < 4.78 is 38.8. The molecule has 0 aliphatic rings. The summed E-state index contributed by atoms with van der Waals surface area (Å²) in [5.41, 5.74) is 0. The van der Waals surface area contributed by atoms with Gasteiger partial charge in [0, 0.05) is 5.48 Å². The fourth-order valence-electron chi connectivity index (χ4n) is 0. The molecule has 0 saturated heterocycles. The van der Waals surface area contributed by atoms with Gasteiger partial charge < -0.3 is 0 Å². The zero-order chi connectivity index (χ0) is 4.50. The molecule has 0 amide bonds. The van der Waals surface area contributed by atoms with Gasteiger partial charge in [0.05, 0.1) is 0 Å². The molecule has 0 unspecified atom stereocenters. The van der Waals surface area contributed by atoms with Gasteiger partial charge in [-0.2, -0.15) is 0 Å². The zero-order valence-corrected chi connectivity index (χ0v) is 2.42. The first kappa shape index (κ1) is 9.19. The minimum absolute atomic E-state index is 0. The van der Waals surface area contributed by atoms with E-state index in [1.807, 2.05) is 0 Å². The Morgan fingerprint density at radius 1 is 0.833 bits per heavy atom. The topological polar surface area (TPSA) is 28.5 Å². The fourth-order valence-corrected chi connectivity index (χ4v) is 0. The molecule has 0 N–H and O–H groups in total. The van der Waals surface area contributed by atoms with Crippen molar-refractivity contribution in [3.63, 3.8) is 0 Å². The molecule has 0 fully saturated rings. The highest BCUT2D eigenvalue weighted by Crippen LogP contribution is 2.13. The molecular weight excluding hydrogens is 104 g/mol. The molecule has 2 radical (unpaired) electrons. The van der Waals surface area contributed by atoms with E-state index in [9.17, 15) is 17.6 Å². The van der Waals surface area contributed by atoms with Gasteiger partial charge in [0.25, 0.3) is 0 Å². The lowest BCUT2D eigenvalue weighted by molar-refractivity contribution is -0.237. The van der Waals surface area contributed by atoms with Crippen LogP contribution < -0.4 is 0 Å². The van der Waals surface area contributed by atoms with Crippen molar-refractivity contribution in [2.45, 2.75) is 6.43 Å². The van der Waals surface area contributed by atoms with Crippen molar-refractivity contribution in [1.82, 2.24) is 0 Å². The predicted octanol–water partition coefficient (Wildman–Crippen LogP) is 1.36. The fraction of sp³-hybridized carbons (Fsp3) is 1.00. The monoisotopic (exact) mass is 104 g/mol. The third-order valence-corrected chi connectivity index (χ3v) is 0. The molecule has 0 saturated carbocycles. The molecule has 0 atom stereocenters. The Hall–Kier alpha value is -0.320. The first-order valence-corrected chi connectivity index (χ1v) is 0.756. The minimum Gasteiger partial charge on any atom is -0.140 e.